The third-order valence-electron chi connectivity index (χ3n) is 5.75. The zero-order valence-corrected chi connectivity index (χ0v) is 19.3. The first-order chi connectivity index (χ1) is 16.6. The number of aromatic amines is 1. The zero-order valence-electron chi connectivity index (χ0n) is 19.3. The number of hydrogen-bond donors (Lipinski definition) is 2. The molecule has 0 atom stereocenters. The topological polar surface area (TPSA) is 158 Å². The van der Waals surface area contributed by atoms with Gasteiger partial charge in [-0.15, -0.1) is 0 Å². The molecule has 3 heterocycles. The predicted octanol–water partition coefficient (Wildman–Crippen LogP) is -0.221. The van der Waals surface area contributed by atoms with Crippen LogP contribution in [0.2, 0.25) is 0 Å². The van der Waals surface area contributed by atoms with Gasteiger partial charge in [0.15, 0.2) is 5.69 Å². The fraction of sp³-hybridized carbons (Fsp3) is 0.217. The van der Waals surface area contributed by atoms with Crippen molar-refractivity contribution in [3.8, 4) is 0 Å². The first-order valence-corrected chi connectivity index (χ1v) is 10.7. The molecule has 12 nitrogen and oxygen atoms in total. The van der Waals surface area contributed by atoms with Crippen LogP contribution < -0.4 is 33.1 Å². The second kappa shape index (κ2) is 8.89. The summed E-state index contributed by atoms with van der Waals surface area (Å²) in [4.78, 5) is 70.9. The number of nitrogens with one attached hydrogen (secondary N) is 1. The second-order valence-corrected chi connectivity index (χ2v) is 7.89. The van der Waals surface area contributed by atoms with Crippen molar-refractivity contribution in [3.63, 3.8) is 0 Å². The molecular weight excluding hydrogens is 454 g/mol. The molecule has 0 radical (unpaired) electrons. The third kappa shape index (κ3) is 3.94. The maximum absolute atomic E-state index is 13.4. The van der Waals surface area contributed by atoms with Crippen LogP contribution in [0.5, 0.6) is 0 Å². The smallest absolute Gasteiger partial charge is 0.332 e. The standard InChI is InChI=1S/C23H23N7O5/c1-4-29(16-17(24)30(22(34)26-19(16)31)12-13-8-6-5-7-9-13)21(33)15-11-10-14-18(25-15)27(2)23(35)28(3)20(14)32/h5-11H,4,12,24H2,1-3H3,(H,26,31,34). The Morgan fingerprint density at radius 3 is 2.37 bits per heavy atom. The summed E-state index contributed by atoms with van der Waals surface area (Å²) >= 11 is 0. The molecule has 0 aliphatic heterocycles. The lowest BCUT2D eigenvalue weighted by atomic mass is 10.2. The molecule has 35 heavy (non-hydrogen) atoms. The highest BCUT2D eigenvalue weighted by Gasteiger charge is 2.25. The SMILES string of the molecule is CCN(C(=O)c1ccc2c(=O)n(C)c(=O)n(C)c2n1)c1c(N)n(Cc2ccccc2)c(=O)[nH]c1=O. The van der Waals surface area contributed by atoms with Crippen molar-refractivity contribution >= 4 is 28.4 Å². The van der Waals surface area contributed by atoms with Gasteiger partial charge in [-0.1, -0.05) is 30.3 Å². The number of hydrogen-bond acceptors (Lipinski definition) is 7. The minimum atomic E-state index is -0.825. The molecule has 4 aromatic rings. The summed E-state index contributed by atoms with van der Waals surface area (Å²) in [6, 6.07) is 11.8. The number of carbonyl (C=O) groups is 1. The molecule has 1 amide bonds. The van der Waals surface area contributed by atoms with Crippen LogP contribution in [0.3, 0.4) is 0 Å². The van der Waals surface area contributed by atoms with Crippen LogP contribution in [0.15, 0.2) is 61.6 Å². The number of nitrogen functional groups attached to an aromatic ring is 1. The number of amides is 1. The summed E-state index contributed by atoms with van der Waals surface area (Å²) < 4.78 is 3.27. The quantitative estimate of drug-likeness (QED) is 0.402. The minimum Gasteiger partial charge on any atom is -0.383 e. The van der Waals surface area contributed by atoms with Crippen LogP contribution in [0.1, 0.15) is 23.0 Å². The molecule has 1 aromatic carbocycles. The van der Waals surface area contributed by atoms with E-state index in [2.05, 4.69) is 9.97 Å². The van der Waals surface area contributed by atoms with E-state index in [0.29, 0.717) is 0 Å². The van der Waals surface area contributed by atoms with Crippen molar-refractivity contribution in [2.45, 2.75) is 13.5 Å². The van der Waals surface area contributed by atoms with Gasteiger partial charge in [0, 0.05) is 20.6 Å². The average Bonchev–Trinajstić information content (AvgIpc) is 2.86. The van der Waals surface area contributed by atoms with Crippen LogP contribution in [0.4, 0.5) is 11.5 Å². The average molecular weight is 477 g/mol. The molecule has 0 saturated carbocycles. The van der Waals surface area contributed by atoms with Crippen LogP contribution in [0.25, 0.3) is 11.0 Å². The van der Waals surface area contributed by atoms with E-state index in [0.717, 1.165) is 19.6 Å². The van der Waals surface area contributed by atoms with Gasteiger partial charge < -0.3 is 5.73 Å². The lowest BCUT2D eigenvalue weighted by molar-refractivity contribution is 0.0983. The minimum absolute atomic E-state index is 0.0240. The Hall–Kier alpha value is -4.74. The first kappa shape index (κ1) is 23.4. The number of H-pyrrole nitrogens is 1. The Balaban J connectivity index is 1.84. The van der Waals surface area contributed by atoms with Crippen molar-refractivity contribution in [2.24, 2.45) is 14.1 Å². The van der Waals surface area contributed by atoms with E-state index in [9.17, 15) is 24.0 Å². The zero-order chi connectivity index (χ0) is 25.4. The number of anilines is 2. The summed E-state index contributed by atoms with van der Waals surface area (Å²) in [6.45, 7) is 1.75. The lowest BCUT2D eigenvalue weighted by Gasteiger charge is -2.23. The summed E-state index contributed by atoms with van der Waals surface area (Å²) in [5, 5.41) is 0.156. The Kier molecular flexibility index (Phi) is 5.95. The van der Waals surface area contributed by atoms with E-state index in [1.165, 1.54) is 30.8 Å². The van der Waals surface area contributed by atoms with Gasteiger partial charge in [-0.3, -0.25) is 38.0 Å². The first-order valence-electron chi connectivity index (χ1n) is 10.7. The van der Waals surface area contributed by atoms with Crippen molar-refractivity contribution in [3.05, 3.63) is 95.4 Å². The van der Waals surface area contributed by atoms with Crippen molar-refractivity contribution in [1.82, 2.24) is 23.7 Å². The number of pyridine rings is 1. The number of aryl methyl sites for hydroxylation is 1. The molecular formula is C23H23N7O5. The maximum atomic E-state index is 13.4. The summed E-state index contributed by atoms with van der Waals surface area (Å²) in [7, 11) is 2.78. The molecule has 0 bridgehead atoms. The molecule has 4 rings (SSSR count). The Morgan fingerprint density at radius 1 is 1.03 bits per heavy atom. The third-order valence-corrected chi connectivity index (χ3v) is 5.75. The second-order valence-electron chi connectivity index (χ2n) is 7.89. The van der Waals surface area contributed by atoms with E-state index in [-0.39, 0.29) is 41.3 Å². The number of nitrogens with zero attached hydrogens (tertiary/aromatic N) is 5. The summed E-state index contributed by atoms with van der Waals surface area (Å²) in [5.74, 6) is -0.871. The monoisotopic (exact) mass is 477 g/mol. The molecule has 0 saturated heterocycles. The van der Waals surface area contributed by atoms with Crippen molar-refractivity contribution in [1.29, 1.82) is 0 Å². The van der Waals surface area contributed by atoms with Crippen LogP contribution in [-0.4, -0.2) is 36.1 Å². The Morgan fingerprint density at radius 2 is 1.71 bits per heavy atom. The molecule has 0 fully saturated rings. The Bertz CT molecular complexity index is 1700. The Labute approximate surface area is 197 Å². The van der Waals surface area contributed by atoms with Gasteiger partial charge in [0.1, 0.15) is 17.2 Å². The molecule has 12 heteroatoms. The fourth-order valence-corrected chi connectivity index (χ4v) is 3.88. The highest BCUT2D eigenvalue weighted by Crippen LogP contribution is 2.20. The van der Waals surface area contributed by atoms with E-state index in [1.807, 2.05) is 6.07 Å². The van der Waals surface area contributed by atoms with Gasteiger partial charge in [0.2, 0.25) is 0 Å². The normalized spacial score (nSPS) is 11.1. The number of aromatic nitrogens is 5. The molecule has 0 aliphatic carbocycles. The fourth-order valence-electron chi connectivity index (χ4n) is 3.88. The van der Waals surface area contributed by atoms with Gasteiger partial charge >= 0.3 is 11.4 Å². The number of fused-ring (bicyclic) bond motifs is 1. The van der Waals surface area contributed by atoms with E-state index in [4.69, 9.17) is 5.73 Å². The van der Waals surface area contributed by atoms with Gasteiger partial charge in [-0.25, -0.2) is 14.6 Å². The molecule has 0 unspecified atom stereocenters. The number of carbonyl (C=O) groups excluding carboxylic acids is 1. The molecule has 0 aliphatic rings. The number of rotatable bonds is 5. The van der Waals surface area contributed by atoms with Crippen molar-refractivity contribution < 1.29 is 4.79 Å². The van der Waals surface area contributed by atoms with E-state index >= 15 is 0 Å². The van der Waals surface area contributed by atoms with Gasteiger partial charge in [-0.05, 0) is 24.6 Å². The maximum Gasteiger partial charge on any atom is 0.332 e. The van der Waals surface area contributed by atoms with Crippen molar-refractivity contribution in [2.75, 3.05) is 17.2 Å². The van der Waals surface area contributed by atoms with Gasteiger partial charge in [0.25, 0.3) is 17.0 Å². The van der Waals surface area contributed by atoms with Crippen LogP contribution in [-0.2, 0) is 20.6 Å². The molecule has 3 aromatic heterocycles. The lowest BCUT2D eigenvalue weighted by Crippen LogP contribution is -2.41. The van der Waals surface area contributed by atoms with E-state index in [1.54, 1.807) is 31.2 Å². The largest absolute Gasteiger partial charge is 0.383 e. The molecule has 3 N–H and O–H groups in total. The van der Waals surface area contributed by atoms with Gasteiger partial charge in [-0.2, -0.15) is 0 Å². The van der Waals surface area contributed by atoms with Crippen LogP contribution >= 0.6 is 0 Å². The molecule has 180 valence electrons. The number of benzene rings is 1. The van der Waals surface area contributed by atoms with E-state index < -0.39 is 28.4 Å². The molecule has 0 spiro atoms. The summed E-state index contributed by atoms with van der Waals surface area (Å²) in [5.41, 5.74) is 4.04. The van der Waals surface area contributed by atoms with Gasteiger partial charge in [0.05, 0.1) is 11.9 Å². The predicted molar refractivity (Wildman–Crippen MR) is 131 cm³/mol. The van der Waals surface area contributed by atoms with Crippen LogP contribution in [0, 0.1) is 0 Å². The highest BCUT2D eigenvalue weighted by molar-refractivity contribution is 6.06. The number of nitrogens with two attached hydrogens (primary N) is 1. The highest BCUT2D eigenvalue weighted by atomic mass is 16.2. The summed E-state index contributed by atoms with van der Waals surface area (Å²) in [6.07, 6.45) is 0.